The Morgan fingerprint density at radius 1 is 0.889 bits per heavy atom. The minimum Gasteiger partial charge on any atom is -0.427 e. The van der Waals surface area contributed by atoms with Gasteiger partial charge in [0.1, 0.15) is 5.75 Å². The van der Waals surface area contributed by atoms with E-state index in [1.807, 2.05) is 36.4 Å². The van der Waals surface area contributed by atoms with Gasteiger partial charge in [-0.05, 0) is 30.5 Å². The second-order valence-corrected chi connectivity index (χ2v) is 4.13. The van der Waals surface area contributed by atoms with Crippen molar-refractivity contribution in [1.82, 2.24) is 0 Å². The van der Waals surface area contributed by atoms with Gasteiger partial charge in [-0.3, -0.25) is 4.79 Å². The second kappa shape index (κ2) is 6.60. The fourth-order valence-electron chi connectivity index (χ4n) is 1.75. The van der Waals surface area contributed by atoms with E-state index in [2.05, 4.69) is 12.1 Å². The molecule has 0 heterocycles. The fraction of sp³-hybridized carbons (Fsp3) is 0.188. The monoisotopic (exact) mass is 240 g/mol. The van der Waals surface area contributed by atoms with Crippen molar-refractivity contribution in [3.8, 4) is 5.75 Å². The maximum Gasteiger partial charge on any atom is 0.311 e. The summed E-state index contributed by atoms with van der Waals surface area (Å²) in [6.07, 6.45) is 2.17. The van der Waals surface area contributed by atoms with E-state index in [-0.39, 0.29) is 5.97 Å². The van der Waals surface area contributed by atoms with Crippen LogP contribution in [0.25, 0.3) is 0 Å². The van der Waals surface area contributed by atoms with Gasteiger partial charge in [0.2, 0.25) is 0 Å². The third-order valence-corrected chi connectivity index (χ3v) is 2.66. The smallest absolute Gasteiger partial charge is 0.311 e. The van der Waals surface area contributed by atoms with Gasteiger partial charge in [-0.25, -0.2) is 0 Å². The molecule has 92 valence electrons. The summed E-state index contributed by atoms with van der Waals surface area (Å²) >= 11 is 0. The van der Waals surface area contributed by atoms with E-state index in [0.29, 0.717) is 12.2 Å². The largest absolute Gasteiger partial charge is 0.427 e. The standard InChI is InChI=1S/C16H16O2/c17-16(18-15-11-5-2-6-12-15)13-7-10-14-8-3-1-4-9-14/h1-6,8-9,11-12H,7,10,13H2. The van der Waals surface area contributed by atoms with Crippen LogP contribution in [0.15, 0.2) is 60.7 Å². The van der Waals surface area contributed by atoms with Crippen molar-refractivity contribution in [3.05, 3.63) is 66.2 Å². The second-order valence-electron chi connectivity index (χ2n) is 4.13. The molecule has 0 saturated heterocycles. The Kier molecular flexibility index (Phi) is 4.53. The molecule has 0 amide bonds. The van der Waals surface area contributed by atoms with Crippen molar-refractivity contribution < 1.29 is 9.53 Å². The Balaban J connectivity index is 1.73. The SMILES string of the molecule is O=C(CCCc1ccccc1)Oc1ccccc1. The van der Waals surface area contributed by atoms with E-state index in [1.54, 1.807) is 12.1 Å². The molecule has 2 nitrogen and oxygen atoms in total. The van der Waals surface area contributed by atoms with Crippen LogP contribution in [-0.4, -0.2) is 5.97 Å². The highest BCUT2D eigenvalue weighted by Gasteiger charge is 2.04. The summed E-state index contributed by atoms with van der Waals surface area (Å²) in [7, 11) is 0. The van der Waals surface area contributed by atoms with Crippen molar-refractivity contribution in [3.63, 3.8) is 0 Å². The van der Waals surface area contributed by atoms with E-state index in [0.717, 1.165) is 12.8 Å². The lowest BCUT2D eigenvalue weighted by atomic mass is 10.1. The molecule has 0 spiro atoms. The number of hydrogen-bond donors (Lipinski definition) is 0. The highest BCUT2D eigenvalue weighted by atomic mass is 16.5. The molecule has 0 saturated carbocycles. The Morgan fingerprint density at radius 3 is 2.17 bits per heavy atom. The quantitative estimate of drug-likeness (QED) is 0.589. The van der Waals surface area contributed by atoms with Gasteiger partial charge in [-0.15, -0.1) is 0 Å². The van der Waals surface area contributed by atoms with Crippen LogP contribution in [0.5, 0.6) is 5.75 Å². The van der Waals surface area contributed by atoms with E-state index < -0.39 is 0 Å². The van der Waals surface area contributed by atoms with Crippen LogP contribution in [0.4, 0.5) is 0 Å². The molecule has 0 aliphatic heterocycles. The zero-order chi connectivity index (χ0) is 12.6. The Hall–Kier alpha value is -2.09. The van der Waals surface area contributed by atoms with Crippen molar-refractivity contribution in [2.45, 2.75) is 19.3 Å². The number of ether oxygens (including phenoxy) is 1. The first-order valence-corrected chi connectivity index (χ1v) is 6.14. The number of esters is 1. The summed E-state index contributed by atoms with van der Waals surface area (Å²) in [4.78, 5) is 11.6. The number of carbonyl (C=O) groups is 1. The van der Waals surface area contributed by atoms with E-state index in [9.17, 15) is 4.79 Å². The number of hydrogen-bond acceptors (Lipinski definition) is 2. The number of para-hydroxylation sites is 1. The zero-order valence-corrected chi connectivity index (χ0v) is 10.2. The fourth-order valence-corrected chi connectivity index (χ4v) is 1.75. The first-order chi connectivity index (χ1) is 8.84. The molecule has 18 heavy (non-hydrogen) atoms. The number of aryl methyl sites for hydroxylation is 1. The third-order valence-electron chi connectivity index (χ3n) is 2.66. The highest BCUT2D eigenvalue weighted by molar-refractivity contribution is 5.72. The maximum absolute atomic E-state index is 11.6. The molecular weight excluding hydrogens is 224 g/mol. The van der Waals surface area contributed by atoms with Crippen LogP contribution in [0.2, 0.25) is 0 Å². The molecule has 0 unspecified atom stereocenters. The lowest BCUT2D eigenvalue weighted by molar-refractivity contribution is -0.134. The van der Waals surface area contributed by atoms with Gasteiger partial charge in [-0.1, -0.05) is 48.5 Å². The molecule has 0 aliphatic carbocycles. The Bertz CT molecular complexity index is 477. The molecule has 2 heteroatoms. The first kappa shape index (κ1) is 12.4. The molecule has 0 radical (unpaired) electrons. The summed E-state index contributed by atoms with van der Waals surface area (Å²) in [5, 5.41) is 0. The minimum atomic E-state index is -0.169. The topological polar surface area (TPSA) is 26.3 Å². The Labute approximate surface area is 107 Å². The van der Waals surface area contributed by atoms with Gasteiger partial charge in [-0.2, -0.15) is 0 Å². The van der Waals surface area contributed by atoms with Crippen molar-refractivity contribution >= 4 is 5.97 Å². The zero-order valence-electron chi connectivity index (χ0n) is 10.2. The predicted octanol–water partition coefficient (Wildman–Crippen LogP) is 3.61. The van der Waals surface area contributed by atoms with E-state index in [1.165, 1.54) is 5.56 Å². The van der Waals surface area contributed by atoms with Gasteiger partial charge in [0.15, 0.2) is 0 Å². The van der Waals surface area contributed by atoms with Crippen LogP contribution < -0.4 is 4.74 Å². The maximum atomic E-state index is 11.6. The van der Waals surface area contributed by atoms with Gasteiger partial charge in [0.05, 0.1) is 0 Å². The van der Waals surface area contributed by atoms with Crippen molar-refractivity contribution in [1.29, 1.82) is 0 Å². The number of carbonyl (C=O) groups excluding carboxylic acids is 1. The van der Waals surface area contributed by atoms with Crippen LogP contribution in [-0.2, 0) is 11.2 Å². The average Bonchev–Trinajstić information content (AvgIpc) is 2.41. The summed E-state index contributed by atoms with van der Waals surface area (Å²) in [6.45, 7) is 0. The molecular formula is C16H16O2. The molecule has 2 aromatic carbocycles. The third kappa shape index (κ3) is 4.06. The minimum absolute atomic E-state index is 0.169. The van der Waals surface area contributed by atoms with Gasteiger partial charge >= 0.3 is 5.97 Å². The highest BCUT2D eigenvalue weighted by Crippen LogP contribution is 2.11. The predicted molar refractivity (Wildman–Crippen MR) is 71.5 cm³/mol. The van der Waals surface area contributed by atoms with Gasteiger partial charge in [0.25, 0.3) is 0 Å². The molecule has 0 atom stereocenters. The number of rotatable bonds is 5. The van der Waals surface area contributed by atoms with Crippen LogP contribution in [0.1, 0.15) is 18.4 Å². The molecule has 2 aromatic rings. The molecule has 0 N–H and O–H groups in total. The van der Waals surface area contributed by atoms with Gasteiger partial charge < -0.3 is 4.74 Å². The molecule has 2 rings (SSSR count). The molecule has 0 bridgehead atoms. The molecule has 0 fully saturated rings. The van der Waals surface area contributed by atoms with E-state index >= 15 is 0 Å². The van der Waals surface area contributed by atoms with Crippen molar-refractivity contribution in [2.24, 2.45) is 0 Å². The summed E-state index contributed by atoms with van der Waals surface area (Å²) in [5.41, 5.74) is 1.25. The first-order valence-electron chi connectivity index (χ1n) is 6.14. The van der Waals surface area contributed by atoms with Crippen molar-refractivity contribution in [2.75, 3.05) is 0 Å². The summed E-state index contributed by atoms with van der Waals surface area (Å²) in [6, 6.07) is 19.3. The summed E-state index contributed by atoms with van der Waals surface area (Å²) in [5.74, 6) is 0.444. The molecule has 0 aromatic heterocycles. The van der Waals surface area contributed by atoms with Gasteiger partial charge in [0, 0.05) is 6.42 Å². The van der Waals surface area contributed by atoms with Crippen LogP contribution in [0.3, 0.4) is 0 Å². The van der Waals surface area contributed by atoms with E-state index in [4.69, 9.17) is 4.74 Å². The Morgan fingerprint density at radius 2 is 1.50 bits per heavy atom. The summed E-state index contributed by atoms with van der Waals surface area (Å²) < 4.78 is 5.21. The van der Waals surface area contributed by atoms with Crippen LogP contribution in [0, 0.1) is 0 Å². The lowest BCUT2D eigenvalue weighted by Crippen LogP contribution is -2.07. The lowest BCUT2D eigenvalue weighted by Gasteiger charge is -2.04. The average molecular weight is 240 g/mol. The normalized spacial score (nSPS) is 10.0. The molecule has 0 aliphatic rings. The van der Waals surface area contributed by atoms with Crippen LogP contribution >= 0.6 is 0 Å². The number of benzene rings is 2.